The number of rotatable bonds is 2. The van der Waals surface area contributed by atoms with E-state index >= 15 is 0 Å². The maximum Gasteiger partial charge on any atom is 0.235 e. The molecule has 1 N–H and O–H groups in total. The highest BCUT2D eigenvalue weighted by Crippen LogP contribution is 2.44. The SMILES string of the molecule is CC1(Cc2c(Cl)cccc2Cl)C(=O)Nc2c(Cl)cccc21. The zero-order valence-corrected chi connectivity index (χ0v) is 13.5. The monoisotopic (exact) mass is 339 g/mol. The minimum atomic E-state index is -0.741. The van der Waals surface area contributed by atoms with Crippen LogP contribution in [-0.2, 0) is 16.6 Å². The highest BCUT2D eigenvalue weighted by Gasteiger charge is 2.44. The molecule has 0 radical (unpaired) electrons. The molecule has 3 rings (SSSR count). The van der Waals surface area contributed by atoms with Crippen LogP contribution in [0.25, 0.3) is 0 Å². The van der Waals surface area contributed by atoms with E-state index in [0.717, 1.165) is 11.1 Å². The van der Waals surface area contributed by atoms with Gasteiger partial charge in [-0.2, -0.15) is 0 Å². The van der Waals surface area contributed by atoms with Crippen LogP contribution in [0.3, 0.4) is 0 Å². The van der Waals surface area contributed by atoms with E-state index in [2.05, 4.69) is 5.32 Å². The van der Waals surface area contributed by atoms with E-state index in [9.17, 15) is 4.79 Å². The van der Waals surface area contributed by atoms with Crippen molar-refractivity contribution in [3.05, 3.63) is 62.6 Å². The molecule has 0 saturated carbocycles. The lowest BCUT2D eigenvalue weighted by atomic mass is 9.78. The fraction of sp³-hybridized carbons (Fsp3) is 0.188. The van der Waals surface area contributed by atoms with Gasteiger partial charge in [-0.15, -0.1) is 0 Å². The third-order valence-electron chi connectivity index (χ3n) is 3.94. The fourth-order valence-electron chi connectivity index (χ4n) is 2.72. The fourth-order valence-corrected chi connectivity index (χ4v) is 3.47. The molecule has 1 aliphatic heterocycles. The second-order valence-corrected chi connectivity index (χ2v) is 6.55. The number of benzene rings is 2. The molecular weight excluding hydrogens is 329 g/mol. The number of para-hydroxylation sites is 1. The molecule has 0 fully saturated rings. The van der Waals surface area contributed by atoms with Gasteiger partial charge in [0.15, 0.2) is 0 Å². The number of halogens is 3. The van der Waals surface area contributed by atoms with Crippen LogP contribution in [0.15, 0.2) is 36.4 Å². The first-order valence-electron chi connectivity index (χ1n) is 6.47. The van der Waals surface area contributed by atoms with Gasteiger partial charge in [0, 0.05) is 10.0 Å². The Bertz CT molecular complexity index is 724. The number of carbonyl (C=O) groups excluding carboxylic acids is 1. The molecule has 5 heteroatoms. The van der Waals surface area contributed by atoms with Crippen molar-refractivity contribution in [2.45, 2.75) is 18.8 Å². The minimum absolute atomic E-state index is 0.0958. The molecule has 0 aliphatic carbocycles. The van der Waals surface area contributed by atoms with Crippen molar-refractivity contribution in [3.63, 3.8) is 0 Å². The number of carbonyl (C=O) groups is 1. The van der Waals surface area contributed by atoms with Gasteiger partial charge < -0.3 is 5.32 Å². The van der Waals surface area contributed by atoms with E-state index < -0.39 is 5.41 Å². The molecule has 0 aromatic heterocycles. The standard InChI is InChI=1S/C16H12Cl3NO/c1-16(8-9-11(17)5-3-6-12(9)18)10-4-2-7-13(19)14(10)20-15(16)21/h2-7H,8H2,1H3,(H,20,21). The van der Waals surface area contributed by atoms with Crippen LogP contribution in [0.4, 0.5) is 5.69 Å². The number of anilines is 1. The molecule has 2 aromatic carbocycles. The Morgan fingerprint density at radius 1 is 1.00 bits per heavy atom. The van der Waals surface area contributed by atoms with Crippen molar-refractivity contribution >= 4 is 46.4 Å². The van der Waals surface area contributed by atoms with E-state index in [0.29, 0.717) is 27.2 Å². The van der Waals surface area contributed by atoms with Gasteiger partial charge in [0.25, 0.3) is 0 Å². The molecule has 2 aromatic rings. The van der Waals surface area contributed by atoms with Gasteiger partial charge in [-0.25, -0.2) is 0 Å². The number of hydrogen-bond donors (Lipinski definition) is 1. The summed E-state index contributed by atoms with van der Waals surface area (Å²) in [6.07, 6.45) is 0.421. The maximum absolute atomic E-state index is 12.5. The Labute approximate surface area is 138 Å². The van der Waals surface area contributed by atoms with Crippen LogP contribution in [0.2, 0.25) is 15.1 Å². The van der Waals surface area contributed by atoms with E-state index in [-0.39, 0.29) is 5.91 Å². The summed E-state index contributed by atoms with van der Waals surface area (Å²) < 4.78 is 0. The van der Waals surface area contributed by atoms with Crippen molar-refractivity contribution in [1.29, 1.82) is 0 Å². The first-order chi connectivity index (χ1) is 9.93. The highest BCUT2D eigenvalue weighted by molar-refractivity contribution is 6.36. The second kappa shape index (κ2) is 5.20. The highest BCUT2D eigenvalue weighted by atomic mass is 35.5. The van der Waals surface area contributed by atoms with Gasteiger partial charge in [0.2, 0.25) is 5.91 Å². The molecule has 1 atom stereocenters. The summed E-state index contributed by atoms with van der Waals surface area (Å²) in [4.78, 5) is 12.5. The summed E-state index contributed by atoms with van der Waals surface area (Å²) in [6.45, 7) is 1.88. The van der Waals surface area contributed by atoms with Crippen LogP contribution >= 0.6 is 34.8 Å². The van der Waals surface area contributed by atoms with Crippen LogP contribution < -0.4 is 5.32 Å². The summed E-state index contributed by atoms with van der Waals surface area (Å²) in [6, 6.07) is 10.8. The summed E-state index contributed by atoms with van der Waals surface area (Å²) in [7, 11) is 0. The Hall–Kier alpha value is -1.22. The van der Waals surface area contributed by atoms with Crippen LogP contribution in [0.5, 0.6) is 0 Å². The second-order valence-electron chi connectivity index (χ2n) is 5.33. The van der Waals surface area contributed by atoms with E-state index in [1.54, 1.807) is 24.3 Å². The van der Waals surface area contributed by atoms with E-state index in [1.165, 1.54) is 0 Å². The molecule has 21 heavy (non-hydrogen) atoms. The van der Waals surface area contributed by atoms with Gasteiger partial charge in [0.1, 0.15) is 0 Å². The van der Waals surface area contributed by atoms with Crippen molar-refractivity contribution in [3.8, 4) is 0 Å². The molecule has 1 amide bonds. The first kappa shape index (κ1) is 14.7. The zero-order chi connectivity index (χ0) is 15.2. The van der Waals surface area contributed by atoms with Gasteiger partial charge in [-0.05, 0) is 42.7 Å². The average molecular weight is 341 g/mol. The lowest BCUT2D eigenvalue weighted by Gasteiger charge is -2.23. The van der Waals surface area contributed by atoms with Gasteiger partial charge in [-0.3, -0.25) is 4.79 Å². The molecule has 0 saturated heterocycles. The summed E-state index contributed by atoms with van der Waals surface area (Å²) in [5.41, 5.74) is 1.58. The van der Waals surface area contributed by atoms with Crippen LogP contribution in [0, 0.1) is 0 Å². The predicted molar refractivity (Wildman–Crippen MR) is 87.6 cm³/mol. The smallest absolute Gasteiger partial charge is 0.235 e. The summed E-state index contributed by atoms with van der Waals surface area (Å²) in [5.74, 6) is -0.0958. The Morgan fingerprint density at radius 2 is 1.57 bits per heavy atom. The summed E-state index contributed by atoms with van der Waals surface area (Å²) in [5, 5.41) is 4.52. The zero-order valence-electron chi connectivity index (χ0n) is 11.2. The van der Waals surface area contributed by atoms with Gasteiger partial charge in [0.05, 0.1) is 16.1 Å². The number of nitrogens with one attached hydrogen (secondary N) is 1. The van der Waals surface area contributed by atoms with E-state index in [4.69, 9.17) is 34.8 Å². The molecule has 2 nitrogen and oxygen atoms in total. The normalized spacial score (nSPS) is 20.3. The minimum Gasteiger partial charge on any atom is -0.324 e. The number of hydrogen-bond acceptors (Lipinski definition) is 1. The van der Waals surface area contributed by atoms with Crippen molar-refractivity contribution in [2.24, 2.45) is 0 Å². The van der Waals surface area contributed by atoms with Crippen LogP contribution in [0.1, 0.15) is 18.1 Å². The van der Waals surface area contributed by atoms with Gasteiger partial charge >= 0.3 is 0 Å². The lowest BCUT2D eigenvalue weighted by molar-refractivity contribution is -0.120. The average Bonchev–Trinajstić information content (AvgIpc) is 2.69. The lowest BCUT2D eigenvalue weighted by Crippen LogP contribution is -2.33. The molecule has 0 spiro atoms. The van der Waals surface area contributed by atoms with Crippen molar-refractivity contribution < 1.29 is 4.79 Å². The third-order valence-corrected chi connectivity index (χ3v) is 4.96. The maximum atomic E-state index is 12.5. The van der Waals surface area contributed by atoms with Crippen molar-refractivity contribution in [1.82, 2.24) is 0 Å². The molecule has 0 bridgehead atoms. The number of fused-ring (bicyclic) bond motifs is 1. The Kier molecular flexibility index (Phi) is 3.64. The third kappa shape index (κ3) is 2.32. The molecule has 1 aliphatic rings. The van der Waals surface area contributed by atoms with Crippen LogP contribution in [-0.4, -0.2) is 5.91 Å². The Balaban J connectivity index is 2.11. The molecule has 1 heterocycles. The van der Waals surface area contributed by atoms with E-state index in [1.807, 2.05) is 19.1 Å². The number of amides is 1. The topological polar surface area (TPSA) is 29.1 Å². The quantitative estimate of drug-likeness (QED) is 0.809. The Morgan fingerprint density at radius 3 is 2.24 bits per heavy atom. The molecule has 108 valence electrons. The first-order valence-corrected chi connectivity index (χ1v) is 7.60. The van der Waals surface area contributed by atoms with Crippen molar-refractivity contribution in [2.75, 3.05) is 5.32 Å². The van der Waals surface area contributed by atoms with Gasteiger partial charge in [-0.1, -0.05) is 53.0 Å². The predicted octanol–water partition coefficient (Wildman–Crippen LogP) is 5.10. The largest absolute Gasteiger partial charge is 0.324 e. The molecule has 1 unspecified atom stereocenters. The molecular formula is C16H12Cl3NO. The summed E-state index contributed by atoms with van der Waals surface area (Å²) >= 11 is 18.6.